The first-order valence-electron chi connectivity index (χ1n) is 10.9. The number of nitrogens with one attached hydrogen (secondary N) is 1. The van der Waals surface area contributed by atoms with Gasteiger partial charge in [0.25, 0.3) is 11.8 Å². The Kier molecular flexibility index (Phi) is 6.26. The lowest BCUT2D eigenvalue weighted by molar-refractivity contribution is -0.120. The van der Waals surface area contributed by atoms with Gasteiger partial charge in [0.05, 0.1) is 20.6 Å². The number of aliphatic hydroxyl groups is 1. The van der Waals surface area contributed by atoms with E-state index in [1.165, 1.54) is 27.6 Å². The van der Waals surface area contributed by atoms with Crippen molar-refractivity contribution in [3.8, 4) is 28.2 Å². The molecule has 1 aliphatic rings. The molecule has 8 nitrogen and oxygen atoms in total. The molecule has 0 saturated heterocycles. The van der Waals surface area contributed by atoms with Gasteiger partial charge >= 0.3 is 0 Å². The van der Waals surface area contributed by atoms with Crippen LogP contribution in [0.25, 0.3) is 15.5 Å². The number of aromatic nitrogens is 2. The molecule has 0 saturated carbocycles. The Hall–Kier alpha value is -3.36. The second-order valence-corrected chi connectivity index (χ2v) is 11.3. The largest absolute Gasteiger partial charge is 0.489 e. The summed E-state index contributed by atoms with van der Waals surface area (Å²) in [6.07, 6.45) is 1.65. The van der Waals surface area contributed by atoms with Crippen LogP contribution in [0, 0.1) is 11.8 Å². The van der Waals surface area contributed by atoms with E-state index in [9.17, 15) is 14.7 Å². The van der Waals surface area contributed by atoms with Crippen LogP contribution in [0.5, 0.6) is 5.75 Å². The third-order valence-electron chi connectivity index (χ3n) is 5.44. The predicted molar refractivity (Wildman–Crippen MR) is 141 cm³/mol. The van der Waals surface area contributed by atoms with Gasteiger partial charge in [0, 0.05) is 24.2 Å². The Morgan fingerprint density at radius 1 is 1.33 bits per heavy atom. The summed E-state index contributed by atoms with van der Waals surface area (Å²) in [5, 5.41) is 14.6. The maximum absolute atomic E-state index is 13.2. The third kappa shape index (κ3) is 4.83. The van der Waals surface area contributed by atoms with Gasteiger partial charge in [-0.3, -0.25) is 14.0 Å². The Bertz CT molecular complexity index is 1550. The maximum atomic E-state index is 13.2. The molecular formula is C25H21ClN4O4S2. The number of rotatable bonds is 3. The number of thiazole rings is 1. The molecule has 1 aromatic carbocycles. The van der Waals surface area contributed by atoms with Crippen LogP contribution in [-0.4, -0.2) is 51.6 Å². The van der Waals surface area contributed by atoms with Gasteiger partial charge in [-0.05, 0) is 44.2 Å². The van der Waals surface area contributed by atoms with Crippen molar-refractivity contribution in [3.63, 3.8) is 0 Å². The number of imidazole rings is 1. The lowest BCUT2D eigenvalue weighted by Gasteiger charge is -2.20. The molecule has 0 bridgehead atoms. The first-order chi connectivity index (χ1) is 17.1. The van der Waals surface area contributed by atoms with E-state index >= 15 is 0 Å². The highest BCUT2D eigenvalue weighted by Gasteiger charge is 2.31. The highest BCUT2D eigenvalue weighted by molar-refractivity contribution is 7.20. The van der Waals surface area contributed by atoms with Crippen molar-refractivity contribution in [2.75, 3.05) is 18.6 Å². The number of ether oxygens (including phenoxy) is 1. The summed E-state index contributed by atoms with van der Waals surface area (Å²) in [4.78, 5) is 33.7. The zero-order chi connectivity index (χ0) is 25.6. The van der Waals surface area contributed by atoms with Gasteiger partial charge in [0.15, 0.2) is 4.96 Å². The smallest absolute Gasteiger partial charge is 0.272 e. The molecule has 36 heavy (non-hydrogen) atoms. The number of thiophene rings is 1. The molecular weight excluding hydrogens is 520 g/mol. The number of amides is 2. The van der Waals surface area contributed by atoms with Crippen molar-refractivity contribution in [2.45, 2.75) is 25.5 Å². The van der Waals surface area contributed by atoms with Crippen molar-refractivity contribution in [2.24, 2.45) is 0 Å². The number of fused-ring (bicyclic) bond motifs is 2. The molecule has 4 aromatic rings. The Morgan fingerprint density at radius 2 is 2.14 bits per heavy atom. The summed E-state index contributed by atoms with van der Waals surface area (Å²) in [6, 6.07) is 8.04. The highest BCUT2D eigenvalue weighted by Crippen LogP contribution is 2.34. The summed E-state index contributed by atoms with van der Waals surface area (Å²) in [5.41, 5.74) is 1.11. The topological polar surface area (TPSA) is 96.2 Å². The summed E-state index contributed by atoms with van der Waals surface area (Å²) < 4.78 is 8.37. The quantitative estimate of drug-likeness (QED) is 0.382. The van der Waals surface area contributed by atoms with E-state index in [1.807, 2.05) is 21.9 Å². The Labute approximate surface area is 220 Å². The lowest BCUT2D eigenvalue weighted by Crippen LogP contribution is -2.49. The molecule has 5 rings (SSSR count). The summed E-state index contributed by atoms with van der Waals surface area (Å²) in [5.74, 6) is 5.35. The number of anilines is 1. The molecule has 1 unspecified atom stereocenters. The molecule has 2 amide bonds. The molecule has 0 fully saturated rings. The molecule has 1 aliphatic heterocycles. The van der Waals surface area contributed by atoms with E-state index in [-0.39, 0.29) is 18.2 Å². The average molecular weight is 541 g/mol. The number of nitrogens with zero attached hydrogens (tertiary/aromatic N) is 3. The fourth-order valence-electron chi connectivity index (χ4n) is 3.66. The molecule has 184 valence electrons. The molecule has 0 spiro atoms. The Morgan fingerprint density at radius 3 is 2.86 bits per heavy atom. The van der Waals surface area contributed by atoms with Gasteiger partial charge < -0.3 is 20.1 Å². The number of carbonyl (C=O) groups is 2. The second-order valence-electron chi connectivity index (χ2n) is 8.73. The molecule has 1 atom stereocenters. The zero-order valence-corrected chi connectivity index (χ0v) is 21.9. The number of carbonyl (C=O) groups excluding carboxylic acids is 2. The van der Waals surface area contributed by atoms with Crippen LogP contribution < -0.4 is 15.0 Å². The maximum Gasteiger partial charge on any atom is 0.272 e. The SMILES string of the molecule is CN1C(=O)C(NC(=O)c2cn3c(-c4ccc(Cl)s4)csc3n2)COc2ccc(C#CC(C)(C)O)cc21. The van der Waals surface area contributed by atoms with Gasteiger partial charge in [-0.15, -0.1) is 22.7 Å². The van der Waals surface area contributed by atoms with E-state index in [0.29, 0.717) is 26.3 Å². The highest BCUT2D eigenvalue weighted by atomic mass is 35.5. The number of hydrogen-bond donors (Lipinski definition) is 2. The fraction of sp³-hybridized carbons (Fsp3) is 0.240. The Balaban J connectivity index is 1.35. The van der Waals surface area contributed by atoms with Gasteiger partial charge in [-0.2, -0.15) is 0 Å². The van der Waals surface area contributed by atoms with Crippen LogP contribution in [0.4, 0.5) is 5.69 Å². The van der Waals surface area contributed by atoms with E-state index in [0.717, 1.165) is 10.6 Å². The van der Waals surface area contributed by atoms with E-state index in [4.69, 9.17) is 16.3 Å². The van der Waals surface area contributed by atoms with Crippen molar-refractivity contribution < 1.29 is 19.4 Å². The second kappa shape index (κ2) is 9.26. The standard InChI is InChI=1S/C25H21ClN4O4S2/c1-25(2,33)9-8-14-4-5-19-17(10-14)29(3)23(32)16(12-34-19)27-22(31)15-11-30-18(13-35-24(30)28-15)20-6-7-21(26)36-20/h4-7,10-11,13,16,33H,12H2,1-3H3,(H,27,31). The van der Waals surface area contributed by atoms with Crippen LogP contribution in [0.2, 0.25) is 4.34 Å². The first kappa shape index (κ1) is 24.3. The van der Waals surface area contributed by atoms with Crippen LogP contribution in [-0.2, 0) is 4.79 Å². The van der Waals surface area contributed by atoms with Gasteiger partial charge in [0.1, 0.15) is 29.7 Å². The molecule has 2 N–H and O–H groups in total. The zero-order valence-electron chi connectivity index (χ0n) is 19.5. The molecule has 11 heteroatoms. The number of hydrogen-bond acceptors (Lipinski definition) is 7. The van der Waals surface area contributed by atoms with Crippen molar-refractivity contribution in [3.05, 3.63) is 57.5 Å². The van der Waals surface area contributed by atoms with Crippen LogP contribution in [0.15, 0.2) is 41.9 Å². The van der Waals surface area contributed by atoms with Crippen LogP contribution in [0.3, 0.4) is 0 Å². The third-order valence-corrected chi connectivity index (χ3v) is 7.53. The fourth-order valence-corrected chi connectivity index (χ4v) is 5.66. The number of likely N-dealkylation sites (N-methyl/N-ethyl adjacent to an activating group) is 1. The minimum absolute atomic E-state index is 0.0300. The molecule has 0 radical (unpaired) electrons. The minimum Gasteiger partial charge on any atom is -0.489 e. The monoisotopic (exact) mass is 540 g/mol. The van der Waals surface area contributed by atoms with Crippen molar-refractivity contribution >= 4 is 56.7 Å². The summed E-state index contributed by atoms with van der Waals surface area (Å²) in [6.45, 7) is 3.16. The average Bonchev–Trinajstić information content (AvgIpc) is 3.53. The number of halogens is 1. The molecule has 3 aromatic heterocycles. The first-order valence-corrected chi connectivity index (χ1v) is 13.0. The van der Waals surface area contributed by atoms with Crippen molar-refractivity contribution in [1.82, 2.24) is 14.7 Å². The van der Waals surface area contributed by atoms with E-state index in [2.05, 4.69) is 22.1 Å². The van der Waals surface area contributed by atoms with Crippen LogP contribution in [0.1, 0.15) is 29.9 Å². The number of benzene rings is 1. The minimum atomic E-state index is -1.14. The van der Waals surface area contributed by atoms with E-state index < -0.39 is 17.6 Å². The lowest BCUT2D eigenvalue weighted by atomic mass is 10.1. The molecule has 0 aliphatic carbocycles. The van der Waals surface area contributed by atoms with Crippen LogP contribution >= 0.6 is 34.3 Å². The normalized spacial score (nSPS) is 15.6. The summed E-state index contributed by atoms with van der Waals surface area (Å²) in [7, 11) is 1.62. The van der Waals surface area contributed by atoms with E-state index in [1.54, 1.807) is 45.3 Å². The van der Waals surface area contributed by atoms with Gasteiger partial charge in [0.2, 0.25) is 0 Å². The van der Waals surface area contributed by atoms with Crippen molar-refractivity contribution in [1.29, 1.82) is 0 Å². The van der Waals surface area contributed by atoms with Gasteiger partial charge in [-0.25, -0.2) is 4.98 Å². The molecule has 4 heterocycles. The summed E-state index contributed by atoms with van der Waals surface area (Å²) >= 11 is 8.93. The van der Waals surface area contributed by atoms with Gasteiger partial charge in [-0.1, -0.05) is 23.4 Å². The predicted octanol–water partition coefficient (Wildman–Crippen LogP) is 4.05.